The Labute approximate surface area is 219 Å². The molecule has 1 N–H and O–H groups in total. The molecule has 2 amide bonds. The van der Waals surface area contributed by atoms with Crippen LogP contribution in [0.5, 0.6) is 5.75 Å². The third kappa shape index (κ3) is 6.06. The van der Waals surface area contributed by atoms with Gasteiger partial charge < -0.3 is 24.6 Å². The third-order valence-corrected chi connectivity index (χ3v) is 7.98. The predicted molar refractivity (Wildman–Crippen MR) is 135 cm³/mol. The number of nitrogens with zero attached hydrogens (tertiary/aromatic N) is 2. The number of hydrogen-bond acceptors (Lipinski definition) is 5. The molecule has 2 aromatic carbocycles. The Morgan fingerprint density at radius 2 is 1.76 bits per heavy atom. The highest BCUT2D eigenvalue weighted by atomic mass is 19.4. The minimum atomic E-state index is -4.75. The number of benzene rings is 2. The van der Waals surface area contributed by atoms with Crippen LogP contribution in [0.2, 0.25) is 0 Å². The standard InChI is InChI=1S/C28H32F3N3O4/c29-28(30,31)38-24-9-3-20(4-10-24)16-25(35)32-18-27-11-1-2-22(27)17-34(19-27)26(36)21-5-7-23(8-6-21)33-12-14-37-15-13-33/h3-10,22H,1-2,11-19H2,(H,32,35)/t22-,27-/m0/s1. The monoisotopic (exact) mass is 531 g/mol. The van der Waals surface area contributed by atoms with Crippen molar-refractivity contribution in [2.45, 2.75) is 32.0 Å². The van der Waals surface area contributed by atoms with Gasteiger partial charge in [-0.25, -0.2) is 0 Å². The molecule has 3 aliphatic rings. The van der Waals surface area contributed by atoms with Gasteiger partial charge in [0, 0.05) is 49.4 Å². The summed E-state index contributed by atoms with van der Waals surface area (Å²) in [6, 6.07) is 13.1. The van der Waals surface area contributed by atoms with Crippen LogP contribution in [0.25, 0.3) is 0 Å². The Balaban J connectivity index is 1.16. The van der Waals surface area contributed by atoms with Crippen molar-refractivity contribution in [3.8, 4) is 5.75 Å². The molecule has 0 unspecified atom stereocenters. The molecule has 2 aromatic rings. The van der Waals surface area contributed by atoms with E-state index in [2.05, 4.69) is 15.0 Å². The molecule has 2 atom stereocenters. The minimum absolute atomic E-state index is 0.0137. The molecule has 2 saturated heterocycles. The van der Waals surface area contributed by atoms with Crippen molar-refractivity contribution in [1.29, 1.82) is 0 Å². The Hall–Kier alpha value is -3.27. The van der Waals surface area contributed by atoms with Crippen LogP contribution in [0.1, 0.15) is 35.2 Å². The van der Waals surface area contributed by atoms with E-state index in [0.29, 0.717) is 49.9 Å². The van der Waals surface area contributed by atoms with Crippen molar-refractivity contribution in [3.63, 3.8) is 0 Å². The van der Waals surface area contributed by atoms with E-state index >= 15 is 0 Å². The fourth-order valence-electron chi connectivity index (χ4n) is 6.01. The van der Waals surface area contributed by atoms with Gasteiger partial charge in [-0.2, -0.15) is 0 Å². The molecule has 1 aliphatic carbocycles. The van der Waals surface area contributed by atoms with Crippen LogP contribution in [0, 0.1) is 11.3 Å². The second kappa shape index (κ2) is 10.8. The van der Waals surface area contributed by atoms with E-state index < -0.39 is 6.36 Å². The number of morpholine rings is 1. The highest BCUT2D eigenvalue weighted by molar-refractivity contribution is 5.95. The van der Waals surface area contributed by atoms with Crippen molar-refractivity contribution in [2.75, 3.05) is 50.8 Å². The maximum Gasteiger partial charge on any atom is 0.573 e. The van der Waals surface area contributed by atoms with Gasteiger partial charge >= 0.3 is 6.36 Å². The summed E-state index contributed by atoms with van der Waals surface area (Å²) in [6.45, 7) is 4.85. The number of nitrogens with one attached hydrogen (secondary N) is 1. The zero-order chi connectivity index (χ0) is 26.8. The summed E-state index contributed by atoms with van der Waals surface area (Å²) in [5.41, 5.74) is 2.20. The fourth-order valence-corrected chi connectivity index (χ4v) is 6.01. The largest absolute Gasteiger partial charge is 0.573 e. The first-order valence-electron chi connectivity index (χ1n) is 13.0. The summed E-state index contributed by atoms with van der Waals surface area (Å²) in [6.07, 6.45) is -1.65. The molecule has 0 radical (unpaired) electrons. The van der Waals surface area contributed by atoms with Crippen molar-refractivity contribution >= 4 is 17.5 Å². The van der Waals surface area contributed by atoms with E-state index in [4.69, 9.17) is 4.74 Å². The average Bonchev–Trinajstić information content (AvgIpc) is 3.46. The van der Waals surface area contributed by atoms with E-state index in [1.165, 1.54) is 24.3 Å². The van der Waals surface area contributed by atoms with Crippen LogP contribution >= 0.6 is 0 Å². The molecule has 3 fully saturated rings. The number of amides is 2. The summed E-state index contributed by atoms with van der Waals surface area (Å²) >= 11 is 0. The number of likely N-dealkylation sites (tertiary alicyclic amines) is 1. The summed E-state index contributed by atoms with van der Waals surface area (Å²) < 4.78 is 46.3. The lowest BCUT2D eigenvalue weighted by Gasteiger charge is -2.29. The molecule has 10 heteroatoms. The quantitative estimate of drug-likeness (QED) is 0.585. The molecule has 0 spiro atoms. The molecule has 2 heterocycles. The van der Waals surface area contributed by atoms with Crippen LogP contribution in [-0.4, -0.2) is 69.0 Å². The predicted octanol–water partition coefficient (Wildman–Crippen LogP) is 4.02. The smallest absolute Gasteiger partial charge is 0.406 e. The van der Waals surface area contributed by atoms with Gasteiger partial charge in [-0.05, 0) is 60.7 Å². The van der Waals surface area contributed by atoms with Crippen LogP contribution in [0.15, 0.2) is 48.5 Å². The number of alkyl halides is 3. The lowest BCUT2D eigenvalue weighted by Crippen LogP contribution is -2.41. The van der Waals surface area contributed by atoms with E-state index in [-0.39, 0.29) is 29.4 Å². The number of rotatable bonds is 7. The van der Waals surface area contributed by atoms with Crippen molar-refractivity contribution in [3.05, 3.63) is 59.7 Å². The second-order valence-electron chi connectivity index (χ2n) is 10.4. The van der Waals surface area contributed by atoms with Gasteiger partial charge in [0.2, 0.25) is 5.91 Å². The number of hydrogen-bond donors (Lipinski definition) is 1. The molecule has 0 bridgehead atoms. The SMILES string of the molecule is O=C(Cc1ccc(OC(F)(F)F)cc1)NC[C@]12CCC[C@H]1CN(C(=O)c1ccc(N3CCOCC3)cc1)C2. The van der Waals surface area contributed by atoms with Crippen molar-refractivity contribution in [2.24, 2.45) is 11.3 Å². The van der Waals surface area contributed by atoms with Crippen molar-refractivity contribution in [1.82, 2.24) is 10.2 Å². The van der Waals surface area contributed by atoms with Crippen LogP contribution in [0.3, 0.4) is 0 Å². The number of ether oxygens (including phenoxy) is 2. The Morgan fingerprint density at radius 3 is 2.45 bits per heavy atom. The third-order valence-electron chi connectivity index (χ3n) is 7.98. The zero-order valence-corrected chi connectivity index (χ0v) is 21.1. The topological polar surface area (TPSA) is 71.1 Å². The number of carbonyl (C=O) groups excluding carboxylic acids is 2. The summed E-state index contributed by atoms with van der Waals surface area (Å²) in [5, 5.41) is 3.03. The maximum atomic E-state index is 13.3. The molecule has 38 heavy (non-hydrogen) atoms. The van der Waals surface area contributed by atoms with Crippen LogP contribution in [-0.2, 0) is 16.0 Å². The summed E-state index contributed by atoms with van der Waals surface area (Å²) in [5.74, 6) is -0.170. The highest BCUT2D eigenvalue weighted by Gasteiger charge is 2.50. The molecule has 0 aromatic heterocycles. The van der Waals surface area contributed by atoms with Gasteiger partial charge in [0.25, 0.3) is 5.91 Å². The first kappa shape index (κ1) is 26.3. The van der Waals surface area contributed by atoms with Gasteiger partial charge in [0.1, 0.15) is 5.75 Å². The maximum absolute atomic E-state index is 13.3. The van der Waals surface area contributed by atoms with E-state index in [9.17, 15) is 22.8 Å². The van der Waals surface area contributed by atoms with Gasteiger partial charge in [0.15, 0.2) is 0 Å². The normalized spacial score (nSPS) is 23.3. The van der Waals surface area contributed by atoms with E-state index in [1.54, 1.807) is 0 Å². The number of carbonyl (C=O) groups is 2. The highest BCUT2D eigenvalue weighted by Crippen LogP contribution is 2.48. The lowest BCUT2D eigenvalue weighted by atomic mass is 9.80. The lowest BCUT2D eigenvalue weighted by molar-refractivity contribution is -0.274. The average molecular weight is 532 g/mol. The van der Waals surface area contributed by atoms with Crippen LogP contribution in [0.4, 0.5) is 18.9 Å². The van der Waals surface area contributed by atoms with Gasteiger partial charge in [-0.3, -0.25) is 9.59 Å². The Bertz CT molecular complexity index is 1130. The molecule has 1 saturated carbocycles. The first-order chi connectivity index (χ1) is 18.2. The summed E-state index contributed by atoms with van der Waals surface area (Å²) in [4.78, 5) is 30.1. The number of anilines is 1. The van der Waals surface area contributed by atoms with E-state index in [0.717, 1.165) is 38.0 Å². The molecular formula is C28H32F3N3O4. The fraction of sp³-hybridized carbons (Fsp3) is 0.500. The van der Waals surface area contributed by atoms with Gasteiger partial charge in [-0.1, -0.05) is 18.6 Å². The Kier molecular flexibility index (Phi) is 7.52. The molecule has 204 valence electrons. The first-order valence-corrected chi connectivity index (χ1v) is 13.0. The Morgan fingerprint density at radius 1 is 1.05 bits per heavy atom. The zero-order valence-electron chi connectivity index (χ0n) is 21.1. The molecule has 5 rings (SSSR count). The van der Waals surface area contributed by atoms with Crippen LogP contribution < -0.4 is 15.0 Å². The van der Waals surface area contributed by atoms with E-state index in [1.807, 2.05) is 29.2 Å². The second-order valence-corrected chi connectivity index (χ2v) is 10.4. The molecule has 2 aliphatic heterocycles. The summed E-state index contributed by atoms with van der Waals surface area (Å²) in [7, 11) is 0. The molecule has 7 nitrogen and oxygen atoms in total. The molecular weight excluding hydrogens is 499 g/mol. The van der Waals surface area contributed by atoms with Crippen molar-refractivity contribution < 1.29 is 32.2 Å². The van der Waals surface area contributed by atoms with Gasteiger partial charge in [0.05, 0.1) is 19.6 Å². The number of halogens is 3. The van der Waals surface area contributed by atoms with Gasteiger partial charge in [-0.15, -0.1) is 13.2 Å². The number of fused-ring (bicyclic) bond motifs is 1. The minimum Gasteiger partial charge on any atom is -0.406 e.